The number of benzene rings is 1. The van der Waals surface area contributed by atoms with E-state index in [4.69, 9.17) is 12.2 Å². The van der Waals surface area contributed by atoms with E-state index >= 15 is 0 Å². The first-order valence-electron chi connectivity index (χ1n) is 7.09. The van der Waals surface area contributed by atoms with Crippen LogP contribution in [-0.4, -0.2) is 15.9 Å². The van der Waals surface area contributed by atoms with Crippen LogP contribution in [-0.2, 0) is 19.6 Å². The van der Waals surface area contributed by atoms with Crippen molar-refractivity contribution in [3.8, 4) is 0 Å². The molecule has 3 N–H and O–H groups in total. The minimum Gasteiger partial charge on any atom is -0.355 e. The highest BCUT2D eigenvalue weighted by atomic mass is 32.1. The molecular formula is C16H14N4OS. The Labute approximate surface area is 133 Å². The highest BCUT2D eigenvalue weighted by Gasteiger charge is 2.28. The number of amides is 1. The van der Waals surface area contributed by atoms with Gasteiger partial charge in [-0.3, -0.25) is 10.1 Å². The van der Waals surface area contributed by atoms with Gasteiger partial charge in [-0.2, -0.15) is 0 Å². The maximum Gasteiger partial charge on any atom is 0.275 e. The van der Waals surface area contributed by atoms with E-state index < -0.39 is 0 Å². The van der Waals surface area contributed by atoms with Crippen molar-refractivity contribution in [2.75, 3.05) is 4.90 Å². The smallest absolute Gasteiger partial charge is 0.275 e. The second-order valence-electron chi connectivity index (χ2n) is 5.44. The number of hydrogen-bond acceptors (Lipinski definition) is 4. The van der Waals surface area contributed by atoms with Gasteiger partial charge in [0.25, 0.3) is 5.91 Å². The Balaban J connectivity index is 1.71. The SMILES string of the molecule is O=C1NC(=C=S)N(Cc2ccc3c(c2)CNC3)c2cc[nH]c21. The van der Waals surface area contributed by atoms with Crippen LogP contribution in [0.2, 0.25) is 0 Å². The van der Waals surface area contributed by atoms with Gasteiger partial charge in [0.2, 0.25) is 0 Å². The van der Waals surface area contributed by atoms with Crippen LogP contribution in [0.25, 0.3) is 0 Å². The molecule has 0 atom stereocenters. The van der Waals surface area contributed by atoms with Gasteiger partial charge in [0.15, 0.2) is 5.82 Å². The van der Waals surface area contributed by atoms with E-state index in [0.29, 0.717) is 18.1 Å². The molecule has 0 unspecified atom stereocenters. The van der Waals surface area contributed by atoms with Crippen molar-refractivity contribution in [3.63, 3.8) is 0 Å². The molecule has 5 nitrogen and oxygen atoms in total. The van der Waals surface area contributed by atoms with E-state index in [1.807, 2.05) is 11.0 Å². The van der Waals surface area contributed by atoms with E-state index in [2.05, 4.69) is 38.8 Å². The number of rotatable bonds is 2. The topological polar surface area (TPSA) is 60.2 Å². The van der Waals surface area contributed by atoms with Gasteiger partial charge in [-0.25, -0.2) is 0 Å². The van der Waals surface area contributed by atoms with Crippen LogP contribution in [0, 0.1) is 0 Å². The number of nitrogens with one attached hydrogen (secondary N) is 3. The molecule has 0 saturated carbocycles. The molecule has 2 aromatic rings. The summed E-state index contributed by atoms with van der Waals surface area (Å²) in [5.41, 5.74) is 5.24. The lowest BCUT2D eigenvalue weighted by Gasteiger charge is -2.30. The van der Waals surface area contributed by atoms with Gasteiger partial charge < -0.3 is 15.2 Å². The minimum atomic E-state index is -0.179. The van der Waals surface area contributed by atoms with Crippen LogP contribution in [0.4, 0.5) is 5.69 Å². The quantitative estimate of drug-likeness (QED) is 0.741. The predicted molar refractivity (Wildman–Crippen MR) is 87.5 cm³/mol. The number of aromatic nitrogens is 1. The molecule has 0 spiro atoms. The molecule has 6 heteroatoms. The zero-order valence-electron chi connectivity index (χ0n) is 11.8. The van der Waals surface area contributed by atoms with E-state index in [1.54, 1.807) is 6.20 Å². The van der Waals surface area contributed by atoms with Crippen LogP contribution in [0.15, 0.2) is 36.3 Å². The lowest BCUT2D eigenvalue weighted by Crippen LogP contribution is -2.41. The second kappa shape index (κ2) is 5.10. The number of H-pyrrole nitrogens is 1. The molecule has 0 fully saturated rings. The summed E-state index contributed by atoms with van der Waals surface area (Å²) in [6.45, 7) is 2.48. The fourth-order valence-electron chi connectivity index (χ4n) is 3.00. The van der Waals surface area contributed by atoms with Crippen molar-refractivity contribution in [1.82, 2.24) is 15.6 Å². The second-order valence-corrected chi connectivity index (χ2v) is 5.64. The highest BCUT2D eigenvalue weighted by Crippen LogP contribution is 2.28. The Morgan fingerprint density at radius 3 is 2.95 bits per heavy atom. The zero-order valence-corrected chi connectivity index (χ0v) is 12.6. The Morgan fingerprint density at radius 2 is 2.09 bits per heavy atom. The van der Waals surface area contributed by atoms with Gasteiger partial charge in [-0.15, -0.1) is 0 Å². The first kappa shape index (κ1) is 13.3. The summed E-state index contributed by atoms with van der Waals surface area (Å²) in [5, 5.41) is 8.78. The van der Waals surface area contributed by atoms with Crippen molar-refractivity contribution >= 4 is 28.8 Å². The molecule has 4 rings (SSSR count). The molecule has 110 valence electrons. The first-order chi connectivity index (χ1) is 10.8. The lowest BCUT2D eigenvalue weighted by atomic mass is 10.1. The molecule has 0 bridgehead atoms. The van der Waals surface area contributed by atoms with Crippen LogP contribution in [0.5, 0.6) is 0 Å². The van der Waals surface area contributed by atoms with E-state index in [0.717, 1.165) is 18.8 Å². The van der Waals surface area contributed by atoms with Gasteiger partial charge >= 0.3 is 0 Å². The summed E-state index contributed by atoms with van der Waals surface area (Å²) >= 11 is 4.94. The number of anilines is 1. The lowest BCUT2D eigenvalue weighted by molar-refractivity contribution is 0.0957. The number of nitrogens with zero attached hydrogens (tertiary/aromatic N) is 1. The number of aromatic amines is 1. The average Bonchev–Trinajstić information content (AvgIpc) is 3.18. The third-order valence-corrected chi connectivity index (χ3v) is 4.28. The summed E-state index contributed by atoms with van der Waals surface area (Å²) in [5.74, 6) is 0.340. The Bertz CT molecular complexity index is 819. The molecule has 22 heavy (non-hydrogen) atoms. The van der Waals surface area contributed by atoms with Gasteiger partial charge in [0.1, 0.15) is 5.69 Å². The minimum absolute atomic E-state index is 0.179. The number of carbonyl (C=O) groups is 1. The maximum absolute atomic E-state index is 12.0. The predicted octanol–water partition coefficient (Wildman–Crippen LogP) is 1.81. The third-order valence-electron chi connectivity index (χ3n) is 4.08. The van der Waals surface area contributed by atoms with Gasteiger partial charge in [0.05, 0.1) is 12.2 Å². The molecule has 1 aromatic carbocycles. The Hall–Kier alpha value is -2.40. The highest BCUT2D eigenvalue weighted by molar-refractivity contribution is 7.78. The molecular weight excluding hydrogens is 296 g/mol. The van der Waals surface area contributed by atoms with Crippen LogP contribution in [0.3, 0.4) is 0 Å². The van der Waals surface area contributed by atoms with Crippen molar-refractivity contribution in [3.05, 3.63) is 58.7 Å². The Kier molecular flexibility index (Phi) is 3.08. The standard InChI is InChI=1S/C16H14N4OS/c21-16-15-13(3-4-18-15)20(14(9-22)19-16)8-10-1-2-11-6-17-7-12(11)5-10/h1-5,17-18H,6-8H2,(H,19,21). The summed E-state index contributed by atoms with van der Waals surface area (Å²) < 4.78 is 0. The van der Waals surface area contributed by atoms with Gasteiger partial charge in [-0.05, 0) is 40.0 Å². The monoisotopic (exact) mass is 310 g/mol. The fourth-order valence-corrected chi connectivity index (χ4v) is 3.16. The van der Waals surface area contributed by atoms with Crippen LogP contribution >= 0.6 is 12.2 Å². The zero-order chi connectivity index (χ0) is 15.1. The summed E-state index contributed by atoms with van der Waals surface area (Å²) in [4.78, 5) is 16.9. The average molecular weight is 310 g/mol. The van der Waals surface area contributed by atoms with E-state index in [9.17, 15) is 4.79 Å². The molecule has 1 amide bonds. The van der Waals surface area contributed by atoms with Gasteiger partial charge in [0, 0.05) is 19.3 Å². The van der Waals surface area contributed by atoms with Crippen molar-refractivity contribution in [1.29, 1.82) is 0 Å². The fraction of sp³-hybridized carbons (Fsp3) is 0.188. The number of fused-ring (bicyclic) bond motifs is 2. The summed E-state index contributed by atoms with van der Waals surface area (Å²) in [6.07, 6.45) is 1.76. The molecule has 0 aliphatic carbocycles. The van der Waals surface area contributed by atoms with Gasteiger partial charge in [-0.1, -0.05) is 18.2 Å². The van der Waals surface area contributed by atoms with Crippen molar-refractivity contribution < 1.29 is 4.79 Å². The van der Waals surface area contributed by atoms with E-state index in [-0.39, 0.29) is 5.91 Å². The van der Waals surface area contributed by atoms with Crippen molar-refractivity contribution in [2.24, 2.45) is 0 Å². The molecule has 2 aliphatic heterocycles. The first-order valence-corrected chi connectivity index (χ1v) is 7.50. The molecule has 1 aromatic heterocycles. The Morgan fingerprint density at radius 1 is 1.23 bits per heavy atom. The molecule has 0 saturated heterocycles. The van der Waals surface area contributed by atoms with E-state index in [1.165, 1.54) is 16.7 Å². The normalized spacial score (nSPS) is 16.1. The largest absolute Gasteiger partial charge is 0.355 e. The van der Waals surface area contributed by atoms with Crippen LogP contribution in [0.1, 0.15) is 27.2 Å². The molecule has 3 heterocycles. The summed E-state index contributed by atoms with van der Waals surface area (Å²) in [7, 11) is 0. The van der Waals surface area contributed by atoms with Crippen LogP contribution < -0.4 is 15.5 Å². The third kappa shape index (κ3) is 2.05. The maximum atomic E-state index is 12.0. The van der Waals surface area contributed by atoms with Crippen molar-refractivity contribution in [2.45, 2.75) is 19.6 Å². The number of carbonyl (C=O) groups excluding carboxylic acids is 1. The molecule has 2 aliphatic rings. The molecule has 0 radical (unpaired) electrons. The summed E-state index contributed by atoms with van der Waals surface area (Å²) in [6, 6.07) is 8.37. The number of thiocarbonyl (C=S) groups is 1. The number of hydrogen-bond donors (Lipinski definition) is 3.